The van der Waals surface area contributed by atoms with Gasteiger partial charge in [0, 0.05) is 49.2 Å². The monoisotopic (exact) mass is 566 g/mol. The number of pyridine rings is 1. The number of carbonyl (C=O) groups is 1. The SMILES string of the molecule is Cc1ccc(S(=O)(=O)Nc2ccc3c(c2)CC(=O)N([C@@H](C)CO)C[C@@H](C)[C@H](CN(C)Cc2ccncc2)O3)cc1. The van der Waals surface area contributed by atoms with E-state index in [0.717, 1.165) is 11.1 Å². The average molecular weight is 567 g/mol. The highest BCUT2D eigenvalue weighted by Crippen LogP contribution is 2.30. The van der Waals surface area contributed by atoms with Gasteiger partial charge in [-0.3, -0.25) is 19.4 Å². The van der Waals surface area contributed by atoms with Gasteiger partial charge in [-0.25, -0.2) is 8.42 Å². The summed E-state index contributed by atoms with van der Waals surface area (Å²) in [6.07, 6.45) is 3.29. The molecule has 9 nitrogen and oxygen atoms in total. The van der Waals surface area contributed by atoms with Gasteiger partial charge < -0.3 is 14.7 Å². The summed E-state index contributed by atoms with van der Waals surface area (Å²) in [6, 6.07) is 15.2. The molecule has 0 radical (unpaired) electrons. The first-order valence-electron chi connectivity index (χ1n) is 13.4. The number of hydrogen-bond acceptors (Lipinski definition) is 7. The predicted octanol–water partition coefficient (Wildman–Crippen LogP) is 3.47. The Balaban J connectivity index is 1.63. The van der Waals surface area contributed by atoms with E-state index in [1.807, 2.05) is 40.0 Å². The highest BCUT2D eigenvalue weighted by molar-refractivity contribution is 7.92. The number of aromatic nitrogens is 1. The molecule has 2 heterocycles. The first-order chi connectivity index (χ1) is 19.1. The van der Waals surface area contributed by atoms with Crippen molar-refractivity contribution in [1.82, 2.24) is 14.8 Å². The van der Waals surface area contributed by atoms with E-state index in [1.54, 1.807) is 59.8 Å². The lowest BCUT2D eigenvalue weighted by Gasteiger charge is -2.34. The Kier molecular flexibility index (Phi) is 9.44. The number of aliphatic hydroxyl groups is 1. The molecule has 0 saturated heterocycles. The van der Waals surface area contributed by atoms with Gasteiger partial charge in [-0.1, -0.05) is 24.6 Å². The zero-order valence-electron chi connectivity index (χ0n) is 23.4. The first-order valence-corrected chi connectivity index (χ1v) is 14.9. The number of rotatable bonds is 9. The summed E-state index contributed by atoms with van der Waals surface area (Å²) < 4.78 is 35.2. The van der Waals surface area contributed by atoms with Crippen LogP contribution < -0.4 is 9.46 Å². The molecule has 0 saturated carbocycles. The largest absolute Gasteiger partial charge is 0.488 e. The molecule has 0 aliphatic carbocycles. The van der Waals surface area contributed by atoms with Crippen molar-refractivity contribution >= 4 is 21.6 Å². The van der Waals surface area contributed by atoms with Crippen molar-refractivity contribution in [2.45, 2.75) is 50.8 Å². The topological polar surface area (TPSA) is 112 Å². The van der Waals surface area contributed by atoms with Gasteiger partial charge in [0.2, 0.25) is 5.91 Å². The molecule has 1 aromatic heterocycles. The number of aliphatic hydroxyl groups excluding tert-OH is 1. The van der Waals surface area contributed by atoms with E-state index in [2.05, 4.69) is 14.6 Å². The Hall–Kier alpha value is -3.47. The number of sulfonamides is 1. The Morgan fingerprint density at radius 2 is 1.85 bits per heavy atom. The molecule has 3 aromatic rings. The highest BCUT2D eigenvalue weighted by Gasteiger charge is 2.31. The fraction of sp³-hybridized carbons (Fsp3) is 0.400. The molecular formula is C30H38N4O5S. The third-order valence-electron chi connectivity index (χ3n) is 7.19. The van der Waals surface area contributed by atoms with Crippen LogP contribution in [0.3, 0.4) is 0 Å². The lowest BCUT2D eigenvalue weighted by Crippen LogP contribution is -2.47. The minimum Gasteiger partial charge on any atom is -0.488 e. The average Bonchev–Trinajstić information content (AvgIpc) is 2.96. The number of nitrogens with one attached hydrogen (secondary N) is 1. The van der Waals surface area contributed by atoms with E-state index in [0.29, 0.717) is 36.6 Å². The number of hydrogen-bond donors (Lipinski definition) is 2. The number of carbonyl (C=O) groups excluding carboxylic acids is 1. The molecule has 2 aromatic carbocycles. The highest BCUT2D eigenvalue weighted by atomic mass is 32.2. The predicted molar refractivity (Wildman–Crippen MR) is 155 cm³/mol. The third-order valence-corrected chi connectivity index (χ3v) is 8.59. The van der Waals surface area contributed by atoms with Gasteiger partial charge in [0.25, 0.3) is 10.0 Å². The lowest BCUT2D eigenvalue weighted by atomic mass is 10.0. The molecule has 3 atom stereocenters. The summed E-state index contributed by atoms with van der Waals surface area (Å²) in [7, 11) is -1.80. The Bertz CT molecular complexity index is 1400. The number of fused-ring (bicyclic) bond motifs is 1. The molecule has 10 heteroatoms. The zero-order chi connectivity index (χ0) is 28.9. The Morgan fingerprint density at radius 1 is 1.15 bits per heavy atom. The maximum Gasteiger partial charge on any atom is 0.261 e. The van der Waals surface area contributed by atoms with Crippen LogP contribution in [0.25, 0.3) is 0 Å². The first kappa shape index (κ1) is 29.5. The molecule has 214 valence electrons. The van der Waals surface area contributed by atoms with E-state index < -0.39 is 10.0 Å². The van der Waals surface area contributed by atoms with Gasteiger partial charge in [0.1, 0.15) is 11.9 Å². The molecule has 2 N–H and O–H groups in total. The van der Waals surface area contributed by atoms with E-state index in [-0.39, 0.29) is 41.9 Å². The van der Waals surface area contributed by atoms with Crippen LogP contribution in [-0.4, -0.2) is 73.1 Å². The van der Waals surface area contributed by atoms with Crippen LogP contribution in [0.2, 0.25) is 0 Å². The normalized spacial score (nSPS) is 18.8. The Morgan fingerprint density at radius 3 is 2.52 bits per heavy atom. The minimum atomic E-state index is -3.82. The second-order valence-corrected chi connectivity index (χ2v) is 12.4. The van der Waals surface area contributed by atoms with Gasteiger partial charge >= 0.3 is 0 Å². The van der Waals surface area contributed by atoms with Gasteiger partial charge in [0.05, 0.1) is 24.0 Å². The van der Waals surface area contributed by atoms with Gasteiger partial charge in [-0.15, -0.1) is 0 Å². The van der Waals surface area contributed by atoms with Crippen molar-refractivity contribution in [3.63, 3.8) is 0 Å². The molecule has 0 fully saturated rings. The number of ether oxygens (including phenoxy) is 1. The molecule has 1 aliphatic heterocycles. The number of aryl methyl sites for hydroxylation is 1. The third kappa shape index (κ3) is 7.38. The van der Waals surface area contributed by atoms with Gasteiger partial charge in [-0.2, -0.15) is 0 Å². The number of benzene rings is 2. The van der Waals surface area contributed by atoms with Crippen molar-refractivity contribution < 1.29 is 23.1 Å². The van der Waals surface area contributed by atoms with Crippen molar-refractivity contribution in [3.8, 4) is 5.75 Å². The molecular weight excluding hydrogens is 528 g/mol. The molecule has 1 amide bonds. The summed E-state index contributed by atoms with van der Waals surface area (Å²) in [5, 5.41) is 9.88. The molecule has 4 rings (SSSR count). The van der Waals surface area contributed by atoms with Crippen LogP contribution >= 0.6 is 0 Å². The van der Waals surface area contributed by atoms with Crippen LogP contribution in [-0.2, 0) is 27.8 Å². The van der Waals surface area contributed by atoms with Crippen LogP contribution in [0, 0.1) is 12.8 Å². The molecule has 0 unspecified atom stereocenters. The second kappa shape index (κ2) is 12.8. The van der Waals surface area contributed by atoms with Crippen LogP contribution in [0.4, 0.5) is 5.69 Å². The van der Waals surface area contributed by atoms with Gasteiger partial charge in [0.15, 0.2) is 0 Å². The van der Waals surface area contributed by atoms with Crippen molar-refractivity contribution in [2.24, 2.45) is 5.92 Å². The summed E-state index contributed by atoms with van der Waals surface area (Å²) in [6.45, 7) is 7.33. The molecule has 40 heavy (non-hydrogen) atoms. The van der Waals surface area contributed by atoms with Crippen molar-refractivity contribution in [1.29, 1.82) is 0 Å². The number of amides is 1. The van der Waals surface area contributed by atoms with Crippen LogP contribution in [0.15, 0.2) is 71.9 Å². The van der Waals surface area contributed by atoms with Crippen molar-refractivity contribution in [3.05, 3.63) is 83.7 Å². The molecule has 0 spiro atoms. The summed E-state index contributed by atoms with van der Waals surface area (Å²) in [4.78, 5) is 21.6. The number of likely N-dealkylation sites (N-methyl/N-ethyl adjacent to an activating group) is 1. The summed E-state index contributed by atoms with van der Waals surface area (Å²) >= 11 is 0. The second-order valence-electron chi connectivity index (χ2n) is 10.7. The maximum atomic E-state index is 13.5. The molecule has 1 aliphatic rings. The van der Waals surface area contributed by atoms with Crippen molar-refractivity contribution in [2.75, 3.05) is 31.5 Å². The van der Waals surface area contributed by atoms with Crippen LogP contribution in [0.1, 0.15) is 30.5 Å². The van der Waals surface area contributed by atoms with E-state index in [1.165, 1.54) is 0 Å². The summed E-state index contributed by atoms with van der Waals surface area (Å²) in [5.74, 6) is 0.352. The maximum absolute atomic E-state index is 13.5. The fourth-order valence-corrected chi connectivity index (χ4v) is 5.86. The minimum absolute atomic E-state index is 0.0199. The fourth-order valence-electron chi connectivity index (χ4n) is 4.81. The smallest absolute Gasteiger partial charge is 0.261 e. The quantitative estimate of drug-likeness (QED) is 0.408. The van der Waals surface area contributed by atoms with Crippen LogP contribution in [0.5, 0.6) is 5.75 Å². The van der Waals surface area contributed by atoms with E-state index in [4.69, 9.17) is 4.74 Å². The number of nitrogens with zero attached hydrogens (tertiary/aromatic N) is 3. The summed E-state index contributed by atoms with van der Waals surface area (Å²) in [5.41, 5.74) is 3.02. The Labute approximate surface area is 236 Å². The molecule has 0 bridgehead atoms. The lowest BCUT2D eigenvalue weighted by molar-refractivity contribution is -0.134. The van der Waals surface area contributed by atoms with E-state index in [9.17, 15) is 18.3 Å². The van der Waals surface area contributed by atoms with E-state index >= 15 is 0 Å². The standard InChI is InChI=1S/C30H38N4O5S/c1-21-5-8-27(9-6-21)40(37,38)32-26-7-10-28-25(15-26)16-30(36)34(23(3)20-35)17-22(2)29(39-28)19-33(4)18-24-11-13-31-14-12-24/h5-15,22-23,29,32,35H,16-20H2,1-4H3/t22-,23+,29+/m1/s1. The van der Waals surface area contributed by atoms with Gasteiger partial charge in [-0.05, 0) is 68.9 Å². The number of anilines is 1. The zero-order valence-corrected chi connectivity index (χ0v) is 24.3.